The first-order valence-electron chi connectivity index (χ1n) is 1.69. The Hall–Kier alpha value is 0.540. The van der Waals surface area contributed by atoms with Crippen LogP contribution in [0.25, 0.3) is 0 Å². The fourth-order valence-electron chi connectivity index (χ4n) is 0.292. The van der Waals surface area contributed by atoms with Crippen LogP contribution in [-0.2, 0) is 9.09 Å². The SMILES string of the molecule is O=[PH]1OCCS1. The fraction of sp³-hybridized carbons (Fsp3) is 1.00. The predicted molar refractivity (Wildman–Crippen MR) is 27.4 cm³/mol. The van der Waals surface area contributed by atoms with Gasteiger partial charge >= 0.3 is 0 Å². The van der Waals surface area contributed by atoms with Crippen molar-refractivity contribution < 1.29 is 9.09 Å². The third kappa shape index (κ3) is 1.00. The number of hydrogen-bond acceptors (Lipinski definition) is 3. The van der Waals surface area contributed by atoms with E-state index in [1.807, 2.05) is 0 Å². The zero-order chi connectivity index (χ0) is 4.41. The molecule has 1 atom stereocenters. The molecule has 1 fully saturated rings. The van der Waals surface area contributed by atoms with Gasteiger partial charge < -0.3 is 4.52 Å². The summed E-state index contributed by atoms with van der Waals surface area (Å²) in [7, 11) is -1.59. The highest BCUT2D eigenvalue weighted by Crippen LogP contribution is 2.43. The fourth-order valence-corrected chi connectivity index (χ4v) is 2.38. The Morgan fingerprint density at radius 2 is 2.67 bits per heavy atom. The second-order valence-electron chi connectivity index (χ2n) is 0.947. The summed E-state index contributed by atoms with van der Waals surface area (Å²) in [6, 6.07) is 0. The molecule has 0 spiro atoms. The van der Waals surface area contributed by atoms with Gasteiger partial charge in [0.25, 0.3) is 0 Å². The van der Waals surface area contributed by atoms with Gasteiger partial charge in [-0.1, -0.05) is 11.4 Å². The van der Waals surface area contributed by atoms with Gasteiger partial charge in [0.1, 0.15) is 0 Å². The molecular formula is C2H5O2PS. The summed E-state index contributed by atoms with van der Waals surface area (Å²) in [5.41, 5.74) is 0. The summed E-state index contributed by atoms with van der Waals surface area (Å²) in [6.07, 6.45) is 0. The van der Waals surface area contributed by atoms with Gasteiger partial charge in [-0.05, 0) is 0 Å². The largest absolute Gasteiger partial charge is 0.322 e. The zero-order valence-electron chi connectivity index (χ0n) is 3.14. The first-order valence-corrected chi connectivity index (χ1v) is 4.72. The van der Waals surface area contributed by atoms with Crippen molar-refractivity contribution in [2.45, 2.75) is 0 Å². The summed E-state index contributed by atoms with van der Waals surface area (Å²) >= 11 is 1.42. The van der Waals surface area contributed by atoms with Crippen LogP contribution in [0.2, 0.25) is 0 Å². The van der Waals surface area contributed by atoms with Crippen molar-refractivity contribution >= 4 is 18.6 Å². The third-order valence-corrected chi connectivity index (χ3v) is 3.24. The topological polar surface area (TPSA) is 26.3 Å². The van der Waals surface area contributed by atoms with Crippen molar-refractivity contribution in [3.63, 3.8) is 0 Å². The zero-order valence-corrected chi connectivity index (χ0v) is 4.96. The maximum Gasteiger partial charge on any atom is 0.246 e. The Bertz CT molecular complexity index is 65.9. The average Bonchev–Trinajstić information content (AvgIpc) is 1.86. The Labute approximate surface area is 40.9 Å². The smallest absolute Gasteiger partial charge is 0.246 e. The van der Waals surface area contributed by atoms with Crippen LogP contribution in [0.4, 0.5) is 0 Å². The second kappa shape index (κ2) is 2.01. The van der Waals surface area contributed by atoms with Crippen LogP contribution in [0.5, 0.6) is 0 Å². The lowest BCUT2D eigenvalue weighted by Gasteiger charge is -1.77. The van der Waals surface area contributed by atoms with Crippen molar-refractivity contribution in [2.75, 3.05) is 12.4 Å². The van der Waals surface area contributed by atoms with E-state index in [0.29, 0.717) is 6.61 Å². The standard InChI is InChI=1S/C2H5O2PS/c3-5-4-1-2-6-5/h5H,1-2H2. The van der Waals surface area contributed by atoms with Gasteiger partial charge in [0.05, 0.1) is 6.61 Å². The highest BCUT2D eigenvalue weighted by atomic mass is 32.7. The molecule has 6 heavy (non-hydrogen) atoms. The molecule has 36 valence electrons. The lowest BCUT2D eigenvalue weighted by molar-refractivity contribution is 0.374. The molecule has 0 bridgehead atoms. The van der Waals surface area contributed by atoms with E-state index < -0.39 is 7.23 Å². The molecule has 0 aromatic heterocycles. The Kier molecular flexibility index (Phi) is 1.57. The van der Waals surface area contributed by atoms with Crippen LogP contribution in [0.15, 0.2) is 0 Å². The van der Waals surface area contributed by atoms with E-state index in [1.54, 1.807) is 0 Å². The van der Waals surface area contributed by atoms with Crippen LogP contribution < -0.4 is 0 Å². The summed E-state index contributed by atoms with van der Waals surface area (Å²) in [6.45, 7) is 0.683. The Balaban J connectivity index is 2.37. The first-order chi connectivity index (χ1) is 2.89. The maximum absolute atomic E-state index is 10.2. The molecule has 0 saturated carbocycles. The highest BCUT2D eigenvalue weighted by molar-refractivity contribution is 8.50. The normalized spacial score (nSPS) is 34.3. The lowest BCUT2D eigenvalue weighted by atomic mass is 10.9. The minimum Gasteiger partial charge on any atom is -0.322 e. The molecule has 0 aromatic rings. The van der Waals surface area contributed by atoms with Gasteiger partial charge in [0.15, 0.2) is 0 Å². The molecule has 0 aliphatic carbocycles. The molecular weight excluding hydrogens is 119 g/mol. The lowest BCUT2D eigenvalue weighted by Crippen LogP contribution is -1.74. The van der Waals surface area contributed by atoms with Gasteiger partial charge in [0.2, 0.25) is 7.23 Å². The Morgan fingerprint density at radius 1 is 1.83 bits per heavy atom. The quantitative estimate of drug-likeness (QED) is 0.453. The monoisotopic (exact) mass is 124 g/mol. The first kappa shape index (κ1) is 4.69. The van der Waals surface area contributed by atoms with E-state index in [9.17, 15) is 4.57 Å². The molecule has 0 aromatic carbocycles. The minimum absolute atomic E-state index is 0.683. The van der Waals surface area contributed by atoms with E-state index >= 15 is 0 Å². The minimum atomic E-state index is -1.59. The van der Waals surface area contributed by atoms with Crippen LogP contribution in [0.3, 0.4) is 0 Å². The molecule has 1 aliphatic rings. The molecule has 1 unspecified atom stereocenters. The van der Waals surface area contributed by atoms with Crippen molar-refractivity contribution in [1.82, 2.24) is 0 Å². The van der Waals surface area contributed by atoms with E-state index in [0.717, 1.165) is 5.75 Å². The highest BCUT2D eigenvalue weighted by Gasteiger charge is 2.06. The van der Waals surface area contributed by atoms with Gasteiger partial charge in [-0.3, -0.25) is 4.57 Å². The van der Waals surface area contributed by atoms with Crippen molar-refractivity contribution in [2.24, 2.45) is 0 Å². The summed E-state index contributed by atoms with van der Waals surface area (Å²) < 4.78 is 14.8. The van der Waals surface area contributed by atoms with E-state index in [-0.39, 0.29) is 0 Å². The van der Waals surface area contributed by atoms with Crippen molar-refractivity contribution in [3.8, 4) is 0 Å². The van der Waals surface area contributed by atoms with Crippen LogP contribution in [0.1, 0.15) is 0 Å². The maximum atomic E-state index is 10.2. The second-order valence-corrected chi connectivity index (χ2v) is 4.30. The summed E-state index contributed by atoms with van der Waals surface area (Å²) in [5.74, 6) is 0.914. The molecule has 1 saturated heterocycles. The van der Waals surface area contributed by atoms with Gasteiger partial charge in [-0.15, -0.1) is 0 Å². The molecule has 0 radical (unpaired) electrons. The van der Waals surface area contributed by atoms with Crippen LogP contribution >= 0.6 is 18.6 Å². The van der Waals surface area contributed by atoms with Crippen LogP contribution in [0, 0.1) is 0 Å². The van der Waals surface area contributed by atoms with Crippen LogP contribution in [-0.4, -0.2) is 12.4 Å². The molecule has 0 N–H and O–H groups in total. The Morgan fingerprint density at radius 3 is 2.83 bits per heavy atom. The molecule has 1 heterocycles. The van der Waals surface area contributed by atoms with Gasteiger partial charge in [0, 0.05) is 5.75 Å². The van der Waals surface area contributed by atoms with Gasteiger partial charge in [-0.2, -0.15) is 0 Å². The molecule has 1 rings (SSSR count). The summed E-state index contributed by atoms with van der Waals surface area (Å²) in [5, 5.41) is 0. The van der Waals surface area contributed by atoms with Crippen molar-refractivity contribution in [3.05, 3.63) is 0 Å². The number of rotatable bonds is 0. The van der Waals surface area contributed by atoms with Crippen molar-refractivity contribution in [1.29, 1.82) is 0 Å². The average molecular weight is 124 g/mol. The van der Waals surface area contributed by atoms with E-state index in [4.69, 9.17) is 0 Å². The molecule has 1 aliphatic heterocycles. The van der Waals surface area contributed by atoms with E-state index in [2.05, 4.69) is 4.52 Å². The number of hydrogen-bond donors (Lipinski definition) is 0. The summed E-state index contributed by atoms with van der Waals surface area (Å²) in [4.78, 5) is 0. The predicted octanol–water partition coefficient (Wildman–Crippen LogP) is 1.14. The van der Waals surface area contributed by atoms with E-state index in [1.165, 1.54) is 11.4 Å². The molecule has 0 amide bonds. The third-order valence-electron chi connectivity index (χ3n) is 0.523. The molecule has 4 heteroatoms. The molecule has 2 nitrogen and oxygen atoms in total. The van der Waals surface area contributed by atoms with Gasteiger partial charge in [-0.25, -0.2) is 0 Å².